The van der Waals surface area contributed by atoms with Crippen LogP contribution in [0.15, 0.2) is 359 Å². The molecule has 22 aromatic rings. The Morgan fingerprint density at radius 2 is 0.628 bits per heavy atom. The number of phenols is 1. The summed E-state index contributed by atoms with van der Waals surface area (Å²) in [7, 11) is 11.6. The summed E-state index contributed by atoms with van der Waals surface area (Å²) in [4.78, 5) is 43.7. The molecule has 1 amide bonds. The zero-order valence-corrected chi connectivity index (χ0v) is 81.5. The van der Waals surface area contributed by atoms with Crippen LogP contribution < -0.4 is 38.9 Å². The standard InChI is InChI=1S/C20H15NOS.C17H15NOS.C16H14N2O2S.2C16H13NOS.C14H11NO2S.C14H11NOS/c1-22-18-12-11-15(13-16(18)14-7-3-2-4-8-14)20-21-17-9-5-6-10-19(17)23-20;1-3-6-12-11-13(9-10-15(12)19-2)17-18-14-7-4-5-8-16(14)20-17;1-20-13-7-6-10(8-11(13)9-15(17)19)16-18-12-4-2-3-5-14(12)21-16;1-3-11-10-12(18-2)8-9-13(11)16-17-14-6-4-5-7-15(14)19-16;1-3-11-10-12(8-9-14(11)18-2)16-17-13-6-4-5-7-15(13)19-16;1-17-10-7-5-9(6-8-10)14-15-13-11(16)3-2-4-12(13)18-14;1-16-11-8-6-10(7-9-11)14-15-12-4-2-3-5-13(12)17-14/h2-13H,1H3;3-5,7-11H,1,6H2,2H3;2-8H,9H2,1H3,(H2,17,19);2*3-10H,1H2,2H3;2-8,16H,1H3;2-9H,1H3. The number of aromatic hydroxyl groups is 1. The Balaban J connectivity index is 0.000000116. The Morgan fingerprint density at radius 1 is 0.292 bits per heavy atom. The van der Waals surface area contributed by atoms with Crippen LogP contribution in [0.25, 0.3) is 169 Å². The van der Waals surface area contributed by atoms with Crippen LogP contribution >= 0.6 is 79.4 Å². The highest BCUT2D eigenvalue weighted by atomic mass is 32.1. The smallest absolute Gasteiger partial charge is 0.221 e. The molecule has 7 aromatic heterocycles. The molecular formula is C113H92N8O9S7. The van der Waals surface area contributed by atoms with Gasteiger partial charge in [-0.05, 0) is 248 Å². The van der Waals surface area contributed by atoms with Gasteiger partial charge in [0.05, 0.1) is 122 Å². The first-order chi connectivity index (χ1) is 67.1. The van der Waals surface area contributed by atoms with Gasteiger partial charge < -0.3 is 44.0 Å². The van der Waals surface area contributed by atoms with Crippen molar-refractivity contribution >= 4 is 169 Å². The molecule has 137 heavy (non-hydrogen) atoms. The van der Waals surface area contributed by atoms with E-state index in [9.17, 15) is 9.90 Å². The highest BCUT2D eigenvalue weighted by Gasteiger charge is 2.19. The Labute approximate surface area is 821 Å². The maximum absolute atomic E-state index is 11.2. The summed E-state index contributed by atoms with van der Waals surface area (Å²) in [6, 6.07) is 111. The average molecular weight is 1930 g/mol. The quantitative estimate of drug-likeness (QED) is 0.0639. The molecule has 0 unspecified atom stereocenters. The van der Waals surface area contributed by atoms with Gasteiger partial charge in [-0.2, -0.15) is 0 Å². The number of hydrogen-bond donors (Lipinski definition) is 2. The molecule has 17 nitrogen and oxygen atoms in total. The summed E-state index contributed by atoms with van der Waals surface area (Å²) in [5.74, 6) is 5.64. The maximum Gasteiger partial charge on any atom is 0.221 e. The molecule has 15 aromatic carbocycles. The highest BCUT2D eigenvalue weighted by Crippen LogP contribution is 2.43. The van der Waals surface area contributed by atoms with Crippen molar-refractivity contribution in [2.24, 2.45) is 5.73 Å². The Kier molecular flexibility index (Phi) is 31.5. The number of methoxy groups -OCH3 is 7. The molecule has 0 aliphatic rings. The number of allylic oxidation sites excluding steroid dienone is 1. The summed E-state index contributed by atoms with van der Waals surface area (Å²) >= 11 is 11.7. The Bertz CT molecular complexity index is 7760. The number of benzene rings is 15. The summed E-state index contributed by atoms with van der Waals surface area (Å²) < 4.78 is 45.2. The number of thiazole rings is 7. The van der Waals surface area contributed by atoms with Crippen molar-refractivity contribution in [1.82, 2.24) is 34.9 Å². The van der Waals surface area contributed by atoms with Gasteiger partial charge in [-0.25, -0.2) is 34.9 Å². The first-order valence-corrected chi connectivity index (χ1v) is 48.9. The second kappa shape index (κ2) is 45.6. The molecule has 24 heteroatoms. The number of aromatic nitrogens is 7. The van der Waals surface area contributed by atoms with Gasteiger partial charge in [-0.3, -0.25) is 4.79 Å². The van der Waals surface area contributed by atoms with E-state index in [0.717, 1.165) is 191 Å². The van der Waals surface area contributed by atoms with Gasteiger partial charge >= 0.3 is 0 Å². The molecule has 0 saturated heterocycles. The number of rotatable bonds is 21. The van der Waals surface area contributed by atoms with Crippen LogP contribution in [0, 0.1) is 0 Å². The van der Waals surface area contributed by atoms with Crippen molar-refractivity contribution in [3.05, 3.63) is 382 Å². The molecule has 7 heterocycles. The minimum atomic E-state index is -0.380. The number of carbonyl (C=O) groups excluding carboxylic acids is 1. The van der Waals surface area contributed by atoms with Gasteiger partial charge in [0.1, 0.15) is 86.6 Å². The zero-order valence-electron chi connectivity index (χ0n) is 75.8. The summed E-state index contributed by atoms with van der Waals surface area (Å²) in [5, 5.41) is 16.7. The number of carbonyl (C=O) groups is 1. The fourth-order valence-corrected chi connectivity index (χ4v) is 21.5. The molecule has 0 radical (unpaired) electrons. The molecule has 0 atom stereocenters. The van der Waals surface area contributed by atoms with Crippen molar-refractivity contribution in [3.8, 4) is 131 Å². The lowest BCUT2D eigenvalue weighted by molar-refractivity contribution is -0.117. The topological polar surface area (TPSA) is 218 Å². The van der Waals surface area contributed by atoms with E-state index in [4.69, 9.17) is 48.9 Å². The fourth-order valence-electron chi connectivity index (χ4n) is 14.7. The van der Waals surface area contributed by atoms with E-state index in [1.807, 2.05) is 261 Å². The third-order valence-electron chi connectivity index (χ3n) is 21.6. The van der Waals surface area contributed by atoms with E-state index in [2.05, 4.69) is 124 Å². The first kappa shape index (κ1) is 94.8. The van der Waals surface area contributed by atoms with Crippen molar-refractivity contribution in [2.75, 3.05) is 49.8 Å². The molecule has 680 valence electrons. The van der Waals surface area contributed by atoms with Crippen LogP contribution in [0.3, 0.4) is 0 Å². The van der Waals surface area contributed by atoms with Gasteiger partial charge in [0, 0.05) is 55.6 Å². The lowest BCUT2D eigenvalue weighted by Crippen LogP contribution is -2.14. The normalized spacial score (nSPS) is 10.7. The van der Waals surface area contributed by atoms with Crippen molar-refractivity contribution < 1.29 is 43.1 Å². The van der Waals surface area contributed by atoms with E-state index in [1.54, 1.807) is 141 Å². The predicted molar refractivity (Wildman–Crippen MR) is 575 cm³/mol. The molecule has 0 saturated carbocycles. The SMILES string of the molecule is C=CCc1cc(-c2nc3ccccc3s2)ccc1OC.C=Cc1cc(-c2nc3ccccc3s2)ccc1OC.C=Cc1cc(OC)ccc1-c1nc2ccccc2s1.COc1ccc(-c2nc3c(O)cccc3s2)cc1.COc1ccc(-c2nc3ccccc3s2)cc1.COc1ccc(-c2nc3ccccc3s2)cc1-c1ccccc1.COc1ccc(-c2nc3ccccc3s2)cc1CC(N)=O. The number of primary amides is 1. The molecule has 0 bridgehead atoms. The molecule has 22 rings (SSSR count). The predicted octanol–water partition coefficient (Wildman–Crippen LogP) is 30.2. The molecular weight excluding hydrogens is 1840 g/mol. The van der Waals surface area contributed by atoms with Crippen LogP contribution in [-0.2, 0) is 17.6 Å². The molecule has 0 aliphatic heterocycles. The van der Waals surface area contributed by atoms with Crippen LogP contribution in [0.1, 0.15) is 22.3 Å². The number of phenolic OH excluding ortho intramolecular Hbond substituents is 1. The minimum absolute atomic E-state index is 0.155. The van der Waals surface area contributed by atoms with Crippen molar-refractivity contribution in [3.63, 3.8) is 0 Å². The molecule has 0 fully saturated rings. The monoisotopic (exact) mass is 1930 g/mol. The van der Waals surface area contributed by atoms with Crippen molar-refractivity contribution in [2.45, 2.75) is 12.8 Å². The van der Waals surface area contributed by atoms with E-state index >= 15 is 0 Å². The van der Waals surface area contributed by atoms with E-state index in [1.165, 1.54) is 23.5 Å². The molecule has 0 aliphatic carbocycles. The van der Waals surface area contributed by atoms with Crippen LogP contribution in [0.4, 0.5) is 0 Å². The van der Waals surface area contributed by atoms with Crippen molar-refractivity contribution in [1.29, 1.82) is 0 Å². The number of nitrogens with zero attached hydrogens (tertiary/aromatic N) is 7. The van der Waals surface area contributed by atoms with E-state index in [0.29, 0.717) is 11.3 Å². The van der Waals surface area contributed by atoms with E-state index < -0.39 is 0 Å². The third kappa shape index (κ3) is 23.2. The Hall–Kier alpha value is -15.4. The Morgan fingerprint density at radius 3 is 1.03 bits per heavy atom. The number of nitrogens with two attached hydrogens (primary N) is 1. The fraction of sp³-hybridized carbons (Fsp3) is 0.0796. The van der Waals surface area contributed by atoms with Crippen LogP contribution in [0.2, 0.25) is 0 Å². The summed E-state index contributed by atoms with van der Waals surface area (Å²) in [6.45, 7) is 11.5. The largest absolute Gasteiger partial charge is 0.506 e. The maximum atomic E-state index is 11.2. The van der Waals surface area contributed by atoms with Crippen LogP contribution in [0.5, 0.6) is 46.0 Å². The second-order valence-corrected chi connectivity index (χ2v) is 37.5. The zero-order chi connectivity index (χ0) is 95.1. The average Bonchev–Trinajstić information content (AvgIpc) is 1.79. The molecule has 0 spiro atoms. The lowest BCUT2D eigenvalue weighted by Gasteiger charge is -2.10. The number of para-hydroxylation sites is 7. The third-order valence-corrected chi connectivity index (χ3v) is 29.1. The van der Waals surface area contributed by atoms with Crippen LogP contribution in [-0.4, -0.2) is 95.7 Å². The summed E-state index contributed by atoms with van der Waals surface area (Å²) in [5.41, 5.74) is 25.9. The highest BCUT2D eigenvalue weighted by molar-refractivity contribution is 7.24. The molecule has 3 N–H and O–H groups in total. The van der Waals surface area contributed by atoms with Gasteiger partial charge in [-0.1, -0.05) is 141 Å². The number of fused-ring (bicyclic) bond motifs is 7. The number of ether oxygens (including phenoxy) is 7. The number of amides is 1. The van der Waals surface area contributed by atoms with Gasteiger partial charge in [-0.15, -0.1) is 85.9 Å². The lowest BCUT2D eigenvalue weighted by atomic mass is 10.0. The van der Waals surface area contributed by atoms with Gasteiger partial charge in [0.2, 0.25) is 5.91 Å². The first-order valence-electron chi connectivity index (χ1n) is 43.2. The van der Waals surface area contributed by atoms with E-state index in [-0.39, 0.29) is 18.1 Å². The van der Waals surface area contributed by atoms with Gasteiger partial charge in [0.15, 0.2) is 0 Å². The number of hydrogen-bond acceptors (Lipinski definition) is 23. The summed E-state index contributed by atoms with van der Waals surface area (Å²) in [6.07, 6.45) is 6.48. The minimum Gasteiger partial charge on any atom is -0.506 e. The second-order valence-electron chi connectivity index (χ2n) is 30.3. The van der Waals surface area contributed by atoms with Gasteiger partial charge in [0.25, 0.3) is 0 Å².